The van der Waals surface area contributed by atoms with Crippen LogP contribution in [-0.4, -0.2) is 29.1 Å². The number of thiazole rings is 1. The summed E-state index contributed by atoms with van der Waals surface area (Å²) in [7, 11) is 0. The summed E-state index contributed by atoms with van der Waals surface area (Å²) in [5.74, 6) is 1.39. The second-order valence-corrected chi connectivity index (χ2v) is 9.96. The van der Waals surface area contributed by atoms with E-state index in [9.17, 15) is 4.79 Å². The Bertz CT molecular complexity index is 1310. The number of amides is 1. The number of aromatic nitrogens is 1. The van der Waals surface area contributed by atoms with Crippen molar-refractivity contribution >= 4 is 28.8 Å². The van der Waals surface area contributed by atoms with Crippen molar-refractivity contribution in [3.63, 3.8) is 0 Å². The van der Waals surface area contributed by atoms with E-state index in [-0.39, 0.29) is 12.7 Å². The number of hydrogen-bond donors (Lipinski definition) is 1. The molecular weight excluding hydrogens is 494 g/mol. The topological polar surface area (TPSA) is 63.7 Å². The van der Waals surface area contributed by atoms with Gasteiger partial charge in [0.05, 0.1) is 6.54 Å². The third kappa shape index (κ3) is 6.43. The zero-order chi connectivity index (χ0) is 24.7. The summed E-state index contributed by atoms with van der Waals surface area (Å²) < 4.78 is 11.0. The number of carbonyl (C=O) groups excluding carboxylic acids is 1. The van der Waals surface area contributed by atoms with Gasteiger partial charge < -0.3 is 14.8 Å². The predicted octanol–water partition coefficient (Wildman–Crippen LogP) is 5.70. The molecule has 1 amide bonds. The number of rotatable bonds is 10. The molecule has 1 N–H and O–H groups in total. The fourth-order valence-corrected chi connectivity index (χ4v) is 4.99. The molecule has 36 heavy (non-hydrogen) atoms. The minimum atomic E-state index is -0.145. The summed E-state index contributed by atoms with van der Waals surface area (Å²) >= 11 is 7.58. The Kier molecular flexibility index (Phi) is 7.81. The third-order valence-electron chi connectivity index (χ3n) is 5.85. The maximum absolute atomic E-state index is 12.6. The van der Waals surface area contributed by atoms with E-state index >= 15 is 0 Å². The second-order valence-electron chi connectivity index (χ2n) is 8.58. The van der Waals surface area contributed by atoms with Crippen LogP contribution < -0.4 is 14.8 Å². The largest absolute Gasteiger partial charge is 0.454 e. The van der Waals surface area contributed by atoms with E-state index in [1.54, 1.807) is 0 Å². The highest BCUT2D eigenvalue weighted by Crippen LogP contribution is 2.33. The normalized spacial score (nSPS) is 12.2. The molecule has 1 aromatic heterocycles. The Morgan fingerprint density at radius 3 is 2.50 bits per heavy atom. The Morgan fingerprint density at radius 2 is 1.67 bits per heavy atom. The summed E-state index contributed by atoms with van der Waals surface area (Å²) in [6, 6.07) is 24.0. The van der Waals surface area contributed by atoms with Crippen molar-refractivity contribution in [1.29, 1.82) is 0 Å². The second kappa shape index (κ2) is 11.6. The molecule has 0 saturated heterocycles. The van der Waals surface area contributed by atoms with Crippen LogP contribution in [0.1, 0.15) is 32.2 Å². The van der Waals surface area contributed by atoms with Crippen molar-refractivity contribution < 1.29 is 14.3 Å². The lowest BCUT2D eigenvalue weighted by atomic mass is 10.1. The minimum Gasteiger partial charge on any atom is -0.454 e. The lowest BCUT2D eigenvalue weighted by molar-refractivity contribution is 0.0949. The smallest absolute Gasteiger partial charge is 0.270 e. The molecule has 6 nitrogen and oxygen atoms in total. The van der Waals surface area contributed by atoms with Crippen molar-refractivity contribution in [3.05, 3.63) is 111 Å². The van der Waals surface area contributed by atoms with Crippen LogP contribution >= 0.6 is 22.9 Å². The number of benzene rings is 3. The summed E-state index contributed by atoms with van der Waals surface area (Å²) in [6.07, 6.45) is 0.786. The summed E-state index contributed by atoms with van der Waals surface area (Å²) in [5, 5.41) is 6.40. The van der Waals surface area contributed by atoms with Gasteiger partial charge in [0, 0.05) is 30.0 Å². The van der Waals surface area contributed by atoms with E-state index in [4.69, 9.17) is 21.1 Å². The number of ether oxygens (including phenoxy) is 2. The number of fused-ring (bicyclic) bond motifs is 1. The van der Waals surface area contributed by atoms with E-state index < -0.39 is 0 Å². The molecule has 1 aliphatic heterocycles. The van der Waals surface area contributed by atoms with Gasteiger partial charge in [-0.15, -0.1) is 11.3 Å². The summed E-state index contributed by atoms with van der Waals surface area (Å²) in [5.41, 5.74) is 3.91. The monoisotopic (exact) mass is 519 g/mol. The molecular formula is C28H26ClN3O3S. The minimum absolute atomic E-state index is 0.145. The molecule has 0 unspecified atom stereocenters. The predicted molar refractivity (Wildman–Crippen MR) is 142 cm³/mol. The van der Waals surface area contributed by atoms with Gasteiger partial charge in [0.15, 0.2) is 11.5 Å². The molecule has 5 rings (SSSR count). The van der Waals surface area contributed by atoms with Gasteiger partial charge in [-0.1, -0.05) is 60.1 Å². The molecule has 0 atom stereocenters. The van der Waals surface area contributed by atoms with Crippen LogP contribution in [0, 0.1) is 0 Å². The number of hydrogen-bond acceptors (Lipinski definition) is 6. The van der Waals surface area contributed by atoms with Gasteiger partial charge in [-0.05, 0) is 47.4 Å². The van der Waals surface area contributed by atoms with Gasteiger partial charge in [0.25, 0.3) is 5.91 Å². The fourth-order valence-electron chi connectivity index (χ4n) is 4.05. The first-order valence-corrected chi connectivity index (χ1v) is 13.0. The van der Waals surface area contributed by atoms with E-state index in [0.29, 0.717) is 36.9 Å². The molecule has 0 bridgehead atoms. The average Bonchev–Trinajstić information content (AvgIpc) is 3.55. The molecule has 184 valence electrons. The summed E-state index contributed by atoms with van der Waals surface area (Å²) in [6.45, 7) is 2.84. The number of halogens is 1. The van der Waals surface area contributed by atoms with Crippen LogP contribution in [0.2, 0.25) is 5.02 Å². The Hall–Kier alpha value is -3.39. The van der Waals surface area contributed by atoms with E-state index in [2.05, 4.69) is 33.4 Å². The van der Waals surface area contributed by atoms with Crippen LogP contribution in [0.15, 0.2) is 78.2 Å². The zero-order valence-electron chi connectivity index (χ0n) is 19.7. The maximum Gasteiger partial charge on any atom is 0.270 e. The first-order chi connectivity index (χ1) is 17.6. The lowest BCUT2D eigenvalue weighted by Crippen LogP contribution is -2.26. The van der Waals surface area contributed by atoms with Crippen molar-refractivity contribution in [2.24, 2.45) is 0 Å². The Labute approximate surface area is 219 Å². The van der Waals surface area contributed by atoms with E-state index in [1.165, 1.54) is 16.9 Å². The molecule has 1 aliphatic rings. The van der Waals surface area contributed by atoms with Gasteiger partial charge in [-0.2, -0.15) is 0 Å². The molecule has 3 aromatic carbocycles. The molecule has 0 radical (unpaired) electrons. The molecule has 0 spiro atoms. The molecule has 4 aromatic rings. The molecule has 0 saturated carbocycles. The van der Waals surface area contributed by atoms with Crippen molar-refractivity contribution in [1.82, 2.24) is 15.2 Å². The number of nitrogens with one attached hydrogen (secondary N) is 1. The summed E-state index contributed by atoms with van der Waals surface area (Å²) in [4.78, 5) is 19.6. The SMILES string of the molecule is O=C(NCCc1ccccc1)c1csc(CN(Cc2ccc(Cl)cc2)Cc2ccc3c(c2)OCO3)n1. The molecule has 2 heterocycles. The van der Waals surface area contributed by atoms with Crippen molar-refractivity contribution in [3.8, 4) is 11.5 Å². The van der Waals surface area contributed by atoms with Gasteiger partial charge in [-0.3, -0.25) is 9.69 Å². The zero-order valence-corrected chi connectivity index (χ0v) is 21.2. The number of nitrogens with zero attached hydrogens (tertiary/aromatic N) is 2. The van der Waals surface area contributed by atoms with Crippen LogP contribution in [0.25, 0.3) is 0 Å². The van der Waals surface area contributed by atoms with Crippen LogP contribution in [-0.2, 0) is 26.1 Å². The Morgan fingerprint density at radius 1 is 0.917 bits per heavy atom. The van der Waals surface area contributed by atoms with Crippen LogP contribution in [0.3, 0.4) is 0 Å². The quantitative estimate of drug-likeness (QED) is 0.291. The van der Waals surface area contributed by atoms with Gasteiger partial charge in [0.1, 0.15) is 10.7 Å². The first-order valence-electron chi connectivity index (χ1n) is 11.7. The lowest BCUT2D eigenvalue weighted by Gasteiger charge is -2.22. The highest BCUT2D eigenvalue weighted by atomic mass is 35.5. The van der Waals surface area contributed by atoms with Gasteiger partial charge in [0.2, 0.25) is 6.79 Å². The molecule has 8 heteroatoms. The third-order valence-corrected chi connectivity index (χ3v) is 6.93. The first kappa shape index (κ1) is 24.3. The van der Waals surface area contributed by atoms with E-state index in [1.807, 2.05) is 60.0 Å². The van der Waals surface area contributed by atoms with Crippen molar-refractivity contribution in [2.45, 2.75) is 26.1 Å². The molecule has 0 aliphatic carbocycles. The highest BCUT2D eigenvalue weighted by Gasteiger charge is 2.17. The van der Waals surface area contributed by atoms with Crippen LogP contribution in [0.5, 0.6) is 11.5 Å². The standard InChI is InChI=1S/C28H26ClN3O3S/c29-23-9-6-21(7-10-23)15-32(16-22-8-11-25-26(14-22)35-19-34-25)17-27-31-24(18-36-27)28(33)30-13-12-20-4-2-1-3-5-20/h1-11,14,18H,12-13,15-17,19H2,(H,30,33). The maximum atomic E-state index is 12.6. The fraction of sp³-hybridized carbons (Fsp3) is 0.214. The average molecular weight is 520 g/mol. The van der Waals surface area contributed by atoms with Gasteiger partial charge in [-0.25, -0.2) is 4.98 Å². The van der Waals surface area contributed by atoms with Gasteiger partial charge >= 0.3 is 0 Å². The number of carbonyl (C=O) groups is 1. The van der Waals surface area contributed by atoms with Crippen LogP contribution in [0.4, 0.5) is 0 Å². The Balaban J connectivity index is 1.24. The molecule has 0 fully saturated rings. The highest BCUT2D eigenvalue weighted by molar-refractivity contribution is 7.09. The van der Waals surface area contributed by atoms with E-state index in [0.717, 1.165) is 34.1 Å². The van der Waals surface area contributed by atoms with Crippen molar-refractivity contribution in [2.75, 3.05) is 13.3 Å².